The standard InChI is InChI=1S/C12H11BrF3NO3S/c13-5-1-2-6-21(18,19)9-3-4-10(17)11(7-9)20-8-12(14,15)16/h3-4,7H,5-6,8,17H2. The first kappa shape index (κ1) is 17.7. The van der Waals surface area contributed by atoms with Crippen LogP contribution < -0.4 is 10.5 Å². The van der Waals surface area contributed by atoms with Crippen molar-refractivity contribution in [1.29, 1.82) is 0 Å². The number of ether oxygens (including phenoxy) is 1. The monoisotopic (exact) mass is 385 g/mol. The second-order valence-electron chi connectivity index (χ2n) is 3.85. The molecule has 1 rings (SSSR count). The van der Waals surface area contributed by atoms with E-state index in [-0.39, 0.29) is 16.3 Å². The Kier molecular flexibility index (Phi) is 5.92. The largest absolute Gasteiger partial charge is 0.482 e. The van der Waals surface area contributed by atoms with Crippen LogP contribution in [0.5, 0.6) is 5.75 Å². The zero-order valence-corrected chi connectivity index (χ0v) is 13.0. The molecule has 0 amide bonds. The highest BCUT2D eigenvalue weighted by molar-refractivity contribution is 9.09. The van der Waals surface area contributed by atoms with Crippen LogP contribution in [-0.2, 0) is 9.84 Å². The average Bonchev–Trinajstić information content (AvgIpc) is 2.36. The molecule has 4 nitrogen and oxygen atoms in total. The fourth-order valence-corrected chi connectivity index (χ4v) is 2.49. The maximum Gasteiger partial charge on any atom is 0.422 e. The van der Waals surface area contributed by atoms with Crippen LogP contribution in [0.4, 0.5) is 18.9 Å². The molecule has 0 fully saturated rings. The minimum Gasteiger partial charge on any atom is -0.482 e. The van der Waals surface area contributed by atoms with E-state index in [4.69, 9.17) is 5.73 Å². The van der Waals surface area contributed by atoms with Crippen molar-refractivity contribution in [3.05, 3.63) is 18.2 Å². The zero-order chi connectivity index (χ0) is 16.1. The molecule has 9 heteroatoms. The van der Waals surface area contributed by atoms with Crippen LogP contribution in [-0.4, -0.2) is 32.3 Å². The number of rotatable bonds is 4. The fourth-order valence-electron chi connectivity index (χ4n) is 1.27. The Hall–Kier alpha value is -1.40. The summed E-state index contributed by atoms with van der Waals surface area (Å²) < 4.78 is 64.7. The highest BCUT2D eigenvalue weighted by atomic mass is 79.9. The predicted octanol–water partition coefficient (Wildman–Crippen LogP) is 2.38. The Morgan fingerprint density at radius 2 is 1.95 bits per heavy atom. The van der Waals surface area contributed by atoms with E-state index in [0.717, 1.165) is 6.07 Å². The Labute approximate surface area is 128 Å². The van der Waals surface area contributed by atoms with Gasteiger partial charge in [0.1, 0.15) is 11.5 Å². The number of halogens is 4. The molecule has 1 aromatic rings. The molecule has 0 aromatic heterocycles. The Morgan fingerprint density at radius 1 is 1.29 bits per heavy atom. The summed E-state index contributed by atoms with van der Waals surface area (Å²) in [5.41, 5.74) is 5.38. The third-order valence-corrected chi connectivity index (χ3v) is 3.97. The van der Waals surface area contributed by atoms with Crippen molar-refractivity contribution in [2.75, 3.05) is 23.4 Å². The third-order valence-electron chi connectivity index (χ3n) is 2.19. The molecule has 0 atom stereocenters. The van der Waals surface area contributed by atoms with E-state index in [1.54, 1.807) is 0 Å². The van der Waals surface area contributed by atoms with Crippen LogP contribution in [0.3, 0.4) is 0 Å². The molecule has 21 heavy (non-hydrogen) atoms. The first-order valence-corrected chi connectivity index (χ1v) is 8.26. The topological polar surface area (TPSA) is 69.4 Å². The molecular weight excluding hydrogens is 375 g/mol. The maximum absolute atomic E-state index is 12.1. The number of nitrogen functional groups attached to an aromatic ring is 1. The van der Waals surface area contributed by atoms with Gasteiger partial charge in [-0.25, -0.2) is 8.42 Å². The van der Waals surface area contributed by atoms with Crippen molar-refractivity contribution in [1.82, 2.24) is 0 Å². The lowest BCUT2D eigenvalue weighted by atomic mass is 10.3. The highest BCUT2D eigenvalue weighted by Gasteiger charge is 2.29. The lowest BCUT2D eigenvalue weighted by Crippen LogP contribution is -2.20. The molecule has 0 aliphatic carbocycles. The van der Waals surface area contributed by atoms with Crippen LogP contribution in [0, 0.1) is 11.8 Å². The van der Waals surface area contributed by atoms with Gasteiger partial charge >= 0.3 is 6.18 Å². The van der Waals surface area contributed by atoms with E-state index in [0.29, 0.717) is 5.33 Å². The average molecular weight is 386 g/mol. The molecule has 0 unspecified atom stereocenters. The van der Waals surface area contributed by atoms with Crippen LogP contribution in [0.25, 0.3) is 0 Å². The summed E-state index contributed by atoms with van der Waals surface area (Å²) in [5, 5.41) is 0.324. The number of alkyl halides is 4. The molecule has 116 valence electrons. The number of hydrogen-bond donors (Lipinski definition) is 1. The van der Waals surface area contributed by atoms with Gasteiger partial charge in [-0.05, 0) is 12.1 Å². The maximum atomic E-state index is 12.1. The molecule has 0 aliphatic heterocycles. The van der Waals surface area contributed by atoms with Gasteiger partial charge in [0.15, 0.2) is 16.4 Å². The van der Waals surface area contributed by atoms with Crippen molar-refractivity contribution in [2.45, 2.75) is 11.1 Å². The third kappa shape index (κ3) is 5.85. The molecule has 0 heterocycles. The number of sulfone groups is 1. The van der Waals surface area contributed by atoms with Gasteiger partial charge in [0.25, 0.3) is 0 Å². The van der Waals surface area contributed by atoms with Crippen LogP contribution in [0.1, 0.15) is 0 Å². The second kappa shape index (κ2) is 7.04. The van der Waals surface area contributed by atoms with Gasteiger partial charge in [-0.2, -0.15) is 13.2 Å². The minimum atomic E-state index is -4.54. The molecule has 0 bridgehead atoms. The van der Waals surface area contributed by atoms with Gasteiger partial charge in [0.2, 0.25) is 0 Å². The quantitative estimate of drug-likeness (QED) is 0.490. The molecule has 0 saturated heterocycles. The molecule has 2 N–H and O–H groups in total. The van der Waals surface area contributed by atoms with Gasteiger partial charge in [-0.15, -0.1) is 0 Å². The van der Waals surface area contributed by atoms with Gasteiger partial charge in [0, 0.05) is 6.07 Å². The van der Waals surface area contributed by atoms with E-state index < -0.39 is 28.4 Å². The van der Waals surface area contributed by atoms with Crippen LogP contribution in [0.2, 0.25) is 0 Å². The SMILES string of the molecule is Nc1ccc(S(=O)(=O)CC#CCBr)cc1OCC(F)(F)F. The van der Waals surface area contributed by atoms with Gasteiger partial charge in [-0.3, -0.25) is 0 Å². The summed E-state index contributed by atoms with van der Waals surface area (Å²) in [6.07, 6.45) is -4.54. The predicted molar refractivity (Wildman–Crippen MR) is 76.0 cm³/mol. The van der Waals surface area contributed by atoms with Crippen molar-refractivity contribution in [3.8, 4) is 17.6 Å². The van der Waals surface area contributed by atoms with Crippen molar-refractivity contribution < 1.29 is 26.3 Å². The number of nitrogens with two attached hydrogens (primary N) is 1. The Balaban J connectivity index is 3.00. The lowest BCUT2D eigenvalue weighted by Gasteiger charge is -2.12. The van der Waals surface area contributed by atoms with E-state index >= 15 is 0 Å². The fraction of sp³-hybridized carbons (Fsp3) is 0.333. The summed E-state index contributed by atoms with van der Waals surface area (Å²) in [4.78, 5) is -0.197. The molecule has 0 spiro atoms. The molecule has 0 saturated carbocycles. The molecule has 0 radical (unpaired) electrons. The lowest BCUT2D eigenvalue weighted by molar-refractivity contribution is -0.153. The molecule has 0 aliphatic rings. The Bertz CT molecular complexity index is 663. The number of anilines is 1. The van der Waals surface area contributed by atoms with Crippen molar-refractivity contribution >= 4 is 31.5 Å². The zero-order valence-electron chi connectivity index (χ0n) is 10.6. The van der Waals surface area contributed by atoms with E-state index in [1.807, 2.05) is 0 Å². The van der Waals surface area contributed by atoms with Gasteiger partial charge in [0.05, 0.1) is 15.9 Å². The van der Waals surface area contributed by atoms with Gasteiger partial charge < -0.3 is 10.5 Å². The summed E-state index contributed by atoms with van der Waals surface area (Å²) in [6.45, 7) is -1.55. The van der Waals surface area contributed by atoms with E-state index in [1.165, 1.54) is 12.1 Å². The number of benzene rings is 1. The smallest absolute Gasteiger partial charge is 0.422 e. The summed E-state index contributed by atoms with van der Waals surface area (Å²) in [7, 11) is -3.74. The Morgan fingerprint density at radius 3 is 2.52 bits per heavy atom. The molecule has 1 aromatic carbocycles. The highest BCUT2D eigenvalue weighted by Crippen LogP contribution is 2.27. The summed E-state index contributed by atoms with van der Waals surface area (Å²) >= 11 is 3.02. The first-order valence-electron chi connectivity index (χ1n) is 5.49. The normalized spacial score (nSPS) is 11.6. The summed E-state index contributed by atoms with van der Waals surface area (Å²) in [5.74, 6) is 4.18. The minimum absolute atomic E-state index is 0.0789. The first-order chi connectivity index (χ1) is 9.65. The van der Waals surface area contributed by atoms with Gasteiger partial charge in [-0.1, -0.05) is 27.8 Å². The van der Waals surface area contributed by atoms with Crippen molar-refractivity contribution in [2.24, 2.45) is 0 Å². The van der Waals surface area contributed by atoms with E-state index in [2.05, 4.69) is 32.5 Å². The van der Waals surface area contributed by atoms with Crippen molar-refractivity contribution in [3.63, 3.8) is 0 Å². The summed E-state index contributed by atoms with van der Waals surface area (Å²) in [6, 6.07) is 3.34. The van der Waals surface area contributed by atoms with Crippen LogP contribution >= 0.6 is 15.9 Å². The molecular formula is C12H11BrF3NO3S. The van der Waals surface area contributed by atoms with Crippen LogP contribution in [0.15, 0.2) is 23.1 Å². The second-order valence-corrected chi connectivity index (χ2v) is 6.40. The van der Waals surface area contributed by atoms with E-state index in [9.17, 15) is 21.6 Å². The number of hydrogen-bond acceptors (Lipinski definition) is 4.